The van der Waals surface area contributed by atoms with Crippen LogP contribution < -0.4 is 10.2 Å². The van der Waals surface area contributed by atoms with Gasteiger partial charge in [0.1, 0.15) is 23.9 Å². The van der Waals surface area contributed by atoms with Gasteiger partial charge in [-0.2, -0.15) is 14.6 Å². The number of nitrogens with one attached hydrogen (secondary N) is 2. The molecular formula is C18H21FN8O2. The zero-order valence-electron chi connectivity index (χ0n) is 15.7. The lowest BCUT2D eigenvalue weighted by Gasteiger charge is -2.30. The molecule has 0 aliphatic carbocycles. The van der Waals surface area contributed by atoms with Crippen molar-refractivity contribution in [2.75, 3.05) is 36.6 Å². The van der Waals surface area contributed by atoms with Gasteiger partial charge in [-0.3, -0.25) is 5.10 Å². The van der Waals surface area contributed by atoms with Crippen molar-refractivity contribution in [3.8, 4) is 11.3 Å². The monoisotopic (exact) mass is 400 g/mol. The quantitative estimate of drug-likeness (QED) is 0.669. The Labute approximate surface area is 165 Å². The summed E-state index contributed by atoms with van der Waals surface area (Å²) in [5, 5.41) is 14.6. The number of fused-ring (bicyclic) bond motifs is 3. The highest BCUT2D eigenvalue weighted by Crippen LogP contribution is 2.39. The maximum absolute atomic E-state index is 14.2. The van der Waals surface area contributed by atoms with E-state index in [9.17, 15) is 4.39 Å². The van der Waals surface area contributed by atoms with Crippen molar-refractivity contribution in [3.63, 3.8) is 0 Å². The fourth-order valence-corrected chi connectivity index (χ4v) is 4.47. The van der Waals surface area contributed by atoms with E-state index in [1.165, 1.54) is 0 Å². The predicted octanol–water partition coefficient (Wildman–Crippen LogP) is 1.03. The third kappa shape index (κ3) is 2.84. The number of nitrogens with zero attached hydrogens (tertiary/aromatic N) is 6. The molecule has 2 bridgehead atoms. The molecule has 0 aromatic carbocycles. The second-order valence-corrected chi connectivity index (χ2v) is 7.76. The molecule has 11 heteroatoms. The van der Waals surface area contributed by atoms with E-state index in [1.54, 1.807) is 17.0 Å². The molecule has 6 rings (SSSR count). The number of hydrogen-bond donors (Lipinski definition) is 2. The summed E-state index contributed by atoms with van der Waals surface area (Å²) in [5.74, 6) is 0.396. The van der Waals surface area contributed by atoms with Crippen LogP contribution in [0.3, 0.4) is 0 Å². The Morgan fingerprint density at radius 3 is 3.03 bits per heavy atom. The number of anilines is 2. The summed E-state index contributed by atoms with van der Waals surface area (Å²) in [6.45, 7) is 2.11. The van der Waals surface area contributed by atoms with Crippen LogP contribution in [0.4, 0.5) is 16.0 Å². The third-order valence-corrected chi connectivity index (χ3v) is 5.92. The minimum atomic E-state index is -1.08. The summed E-state index contributed by atoms with van der Waals surface area (Å²) in [4.78, 5) is 11.7. The molecule has 29 heavy (non-hydrogen) atoms. The molecule has 10 nitrogen and oxygen atoms in total. The number of alkyl halides is 1. The van der Waals surface area contributed by atoms with Gasteiger partial charge in [-0.15, -0.1) is 5.10 Å². The van der Waals surface area contributed by atoms with Crippen molar-refractivity contribution in [2.45, 2.75) is 37.2 Å². The van der Waals surface area contributed by atoms with Gasteiger partial charge in [0, 0.05) is 24.9 Å². The number of hydrogen-bond acceptors (Lipinski definition) is 8. The van der Waals surface area contributed by atoms with Gasteiger partial charge >= 0.3 is 0 Å². The molecule has 3 aliphatic heterocycles. The van der Waals surface area contributed by atoms with E-state index in [2.05, 4.69) is 30.5 Å². The topological polar surface area (TPSA) is 105 Å². The second kappa shape index (κ2) is 6.63. The summed E-state index contributed by atoms with van der Waals surface area (Å²) in [7, 11) is 0. The fraction of sp³-hybridized carbons (Fsp3) is 0.556. The van der Waals surface area contributed by atoms with Crippen molar-refractivity contribution in [1.29, 1.82) is 0 Å². The van der Waals surface area contributed by atoms with Crippen LogP contribution in [0.15, 0.2) is 18.7 Å². The first kappa shape index (κ1) is 17.1. The van der Waals surface area contributed by atoms with Crippen molar-refractivity contribution in [3.05, 3.63) is 18.7 Å². The number of rotatable bonds is 4. The maximum atomic E-state index is 14.2. The Kier molecular flexibility index (Phi) is 3.91. The molecule has 152 valence electrons. The minimum absolute atomic E-state index is 0.0966. The van der Waals surface area contributed by atoms with Gasteiger partial charge in [-0.05, 0) is 12.8 Å². The van der Waals surface area contributed by atoms with Crippen molar-refractivity contribution in [2.24, 2.45) is 0 Å². The first-order valence-electron chi connectivity index (χ1n) is 9.87. The van der Waals surface area contributed by atoms with Gasteiger partial charge in [0.05, 0.1) is 37.6 Å². The Bertz CT molecular complexity index is 1020. The molecule has 2 N–H and O–H groups in total. The van der Waals surface area contributed by atoms with Gasteiger partial charge in [-0.25, -0.2) is 9.37 Å². The third-order valence-electron chi connectivity index (χ3n) is 5.92. The van der Waals surface area contributed by atoms with Gasteiger partial charge < -0.3 is 19.7 Å². The molecule has 0 saturated carbocycles. The standard InChI is InChI=1S/C18H21FN8O2/c19-13-8-28-2-1-14(13)23-18-24-17-16(26-6-12-3-11(26)7-29-12)15(10-4-21-22-5-10)20-9-27(17)25-18/h4-5,9,11-14H,1-3,6-8H2,(H,21,22)(H,23,25)/t11?,12?,13-,14+/m1/s1. The average Bonchev–Trinajstić information content (AvgIpc) is 3.52. The summed E-state index contributed by atoms with van der Waals surface area (Å²) in [5.41, 5.74) is 3.28. The molecule has 0 radical (unpaired) electrons. The van der Waals surface area contributed by atoms with E-state index in [-0.39, 0.29) is 24.8 Å². The van der Waals surface area contributed by atoms with Crippen molar-refractivity contribution in [1.82, 2.24) is 29.8 Å². The number of morpholine rings is 1. The largest absolute Gasteiger partial charge is 0.378 e. The normalized spacial score (nSPS) is 29.1. The maximum Gasteiger partial charge on any atom is 0.243 e. The molecule has 6 heterocycles. The molecule has 3 fully saturated rings. The Morgan fingerprint density at radius 1 is 1.31 bits per heavy atom. The van der Waals surface area contributed by atoms with Crippen molar-refractivity contribution >= 4 is 17.3 Å². The molecule has 3 aromatic heterocycles. The summed E-state index contributed by atoms with van der Waals surface area (Å²) < 4.78 is 26.8. The van der Waals surface area contributed by atoms with E-state index in [0.717, 1.165) is 29.9 Å². The van der Waals surface area contributed by atoms with E-state index in [4.69, 9.17) is 14.5 Å². The lowest BCUT2D eigenvalue weighted by Crippen LogP contribution is -2.39. The molecule has 3 aromatic rings. The molecule has 4 atom stereocenters. The van der Waals surface area contributed by atoms with E-state index >= 15 is 0 Å². The van der Waals surface area contributed by atoms with Crippen LogP contribution in [0.25, 0.3) is 16.9 Å². The van der Waals surface area contributed by atoms with E-state index in [1.807, 2.05) is 6.20 Å². The summed E-state index contributed by atoms with van der Waals surface area (Å²) in [6, 6.07) is -0.0698. The fourth-order valence-electron chi connectivity index (χ4n) is 4.47. The SMILES string of the molecule is F[C@@H]1COCC[C@@H]1Nc1nc2c(N3CC4CC3CO4)c(-c3cn[nH]c3)ncn2n1. The lowest BCUT2D eigenvalue weighted by atomic mass is 10.1. The average molecular weight is 400 g/mol. The smallest absolute Gasteiger partial charge is 0.243 e. The highest BCUT2D eigenvalue weighted by molar-refractivity contribution is 5.85. The zero-order valence-corrected chi connectivity index (χ0v) is 15.7. The zero-order chi connectivity index (χ0) is 19.4. The number of aromatic nitrogens is 6. The van der Waals surface area contributed by atoms with Crippen LogP contribution in [-0.2, 0) is 9.47 Å². The highest BCUT2D eigenvalue weighted by atomic mass is 19.1. The number of H-pyrrole nitrogens is 1. The first-order valence-corrected chi connectivity index (χ1v) is 9.87. The van der Waals surface area contributed by atoms with Crippen LogP contribution in [0.5, 0.6) is 0 Å². The van der Waals surface area contributed by atoms with E-state index in [0.29, 0.717) is 31.2 Å². The number of halogens is 1. The molecule has 3 saturated heterocycles. The minimum Gasteiger partial charge on any atom is -0.378 e. The second-order valence-electron chi connectivity index (χ2n) is 7.76. The Morgan fingerprint density at radius 2 is 2.28 bits per heavy atom. The summed E-state index contributed by atoms with van der Waals surface area (Å²) >= 11 is 0. The number of ether oxygens (including phenoxy) is 2. The Hall–Kier alpha value is -2.79. The van der Waals surface area contributed by atoms with Crippen molar-refractivity contribution < 1.29 is 13.9 Å². The summed E-state index contributed by atoms with van der Waals surface area (Å²) in [6.07, 6.45) is 5.93. The molecule has 2 unspecified atom stereocenters. The lowest BCUT2D eigenvalue weighted by molar-refractivity contribution is 0.0284. The highest BCUT2D eigenvalue weighted by Gasteiger charge is 2.41. The predicted molar refractivity (Wildman–Crippen MR) is 102 cm³/mol. The van der Waals surface area contributed by atoms with E-state index < -0.39 is 6.17 Å². The number of aromatic amines is 1. The Balaban J connectivity index is 1.43. The van der Waals surface area contributed by atoms with Crippen LogP contribution in [0.2, 0.25) is 0 Å². The van der Waals surface area contributed by atoms with Crippen LogP contribution in [-0.4, -0.2) is 80.5 Å². The van der Waals surface area contributed by atoms with Crippen LogP contribution in [0.1, 0.15) is 12.8 Å². The molecule has 3 aliphatic rings. The van der Waals surface area contributed by atoms with Gasteiger partial charge in [0.15, 0.2) is 5.65 Å². The van der Waals surface area contributed by atoms with Crippen LogP contribution in [0, 0.1) is 0 Å². The van der Waals surface area contributed by atoms with Gasteiger partial charge in [0.2, 0.25) is 5.95 Å². The molecule has 0 spiro atoms. The molecule has 0 amide bonds. The van der Waals surface area contributed by atoms with Crippen LogP contribution >= 0.6 is 0 Å². The first-order chi connectivity index (χ1) is 14.3. The molecular weight excluding hydrogens is 379 g/mol. The van der Waals surface area contributed by atoms with Gasteiger partial charge in [0.25, 0.3) is 0 Å². The van der Waals surface area contributed by atoms with Gasteiger partial charge in [-0.1, -0.05) is 0 Å².